The molecule has 0 radical (unpaired) electrons. The molecule has 5 nitrogen and oxygen atoms in total. The largest absolute Gasteiger partial charge is 0.324 e. The van der Waals surface area contributed by atoms with Crippen LogP contribution in [0.2, 0.25) is 10.0 Å². The molecule has 1 atom stereocenters. The van der Waals surface area contributed by atoms with Crippen molar-refractivity contribution in [3.05, 3.63) is 70.7 Å². The van der Waals surface area contributed by atoms with Gasteiger partial charge in [-0.25, -0.2) is 0 Å². The first-order chi connectivity index (χ1) is 13.9. The van der Waals surface area contributed by atoms with Gasteiger partial charge in [0.15, 0.2) is 11.0 Å². The van der Waals surface area contributed by atoms with Crippen LogP contribution in [0.3, 0.4) is 0 Å². The van der Waals surface area contributed by atoms with Crippen LogP contribution in [0.5, 0.6) is 0 Å². The molecule has 1 aromatic heterocycles. The third-order valence-corrected chi connectivity index (χ3v) is 6.07. The number of carbonyl (C=O) groups is 1. The van der Waals surface area contributed by atoms with Gasteiger partial charge in [-0.05, 0) is 32.0 Å². The number of aromatic nitrogens is 3. The molecule has 1 unspecified atom stereocenters. The molecule has 0 bridgehead atoms. The quantitative estimate of drug-likeness (QED) is 0.364. The number of nitrogens with one attached hydrogen (secondary N) is 1. The molecule has 1 heterocycles. The lowest BCUT2D eigenvalue weighted by Gasteiger charge is -2.14. The van der Waals surface area contributed by atoms with Crippen LogP contribution in [-0.4, -0.2) is 25.9 Å². The van der Waals surface area contributed by atoms with Crippen LogP contribution in [0.4, 0.5) is 5.69 Å². The highest BCUT2D eigenvalue weighted by Crippen LogP contribution is 2.31. The standard InChI is InChI=1S/C21H20Cl2N4OS/c1-4-11-27-19(15-8-5-7-13(2)12-15)25-26-21(27)29-14(3)20(28)24-17-10-6-9-16(22)18(17)23/h4-10,12,14H,1,11H2,2-3H3,(H,24,28). The van der Waals surface area contributed by atoms with Crippen molar-refractivity contribution in [2.75, 3.05) is 5.32 Å². The first kappa shape index (κ1) is 21.4. The van der Waals surface area contributed by atoms with Gasteiger partial charge in [0.25, 0.3) is 0 Å². The molecule has 0 saturated heterocycles. The van der Waals surface area contributed by atoms with Crippen LogP contribution in [0.15, 0.2) is 60.3 Å². The zero-order valence-electron chi connectivity index (χ0n) is 16.0. The molecule has 0 spiro atoms. The Balaban J connectivity index is 1.81. The highest BCUT2D eigenvalue weighted by Gasteiger charge is 2.21. The summed E-state index contributed by atoms with van der Waals surface area (Å²) in [6.45, 7) is 8.19. The van der Waals surface area contributed by atoms with Crippen molar-refractivity contribution in [2.45, 2.75) is 30.8 Å². The fraction of sp³-hybridized carbons (Fsp3) is 0.190. The average Bonchev–Trinajstić information content (AvgIpc) is 3.08. The second-order valence-corrected chi connectivity index (χ2v) is 8.52. The molecular weight excluding hydrogens is 427 g/mol. The second kappa shape index (κ2) is 9.48. The van der Waals surface area contributed by atoms with Gasteiger partial charge in [-0.15, -0.1) is 16.8 Å². The molecule has 0 aliphatic rings. The summed E-state index contributed by atoms with van der Waals surface area (Å²) < 4.78 is 1.95. The van der Waals surface area contributed by atoms with Gasteiger partial charge in [0.05, 0.1) is 21.0 Å². The number of amides is 1. The summed E-state index contributed by atoms with van der Waals surface area (Å²) in [5.41, 5.74) is 2.58. The third-order valence-electron chi connectivity index (χ3n) is 4.17. The van der Waals surface area contributed by atoms with E-state index in [9.17, 15) is 4.79 Å². The molecule has 0 aliphatic heterocycles. The van der Waals surface area contributed by atoms with Gasteiger partial charge in [0.2, 0.25) is 5.91 Å². The molecule has 1 N–H and O–H groups in total. The lowest BCUT2D eigenvalue weighted by Crippen LogP contribution is -2.23. The molecule has 1 amide bonds. The molecule has 8 heteroatoms. The van der Waals surface area contributed by atoms with E-state index in [1.807, 2.05) is 29.7 Å². The number of halogens is 2. The number of hydrogen-bond acceptors (Lipinski definition) is 4. The lowest BCUT2D eigenvalue weighted by molar-refractivity contribution is -0.115. The number of allylic oxidation sites excluding steroid dienone is 1. The normalized spacial score (nSPS) is 11.9. The summed E-state index contributed by atoms with van der Waals surface area (Å²) in [7, 11) is 0. The minimum atomic E-state index is -0.428. The summed E-state index contributed by atoms with van der Waals surface area (Å²) in [6, 6.07) is 13.2. The van der Waals surface area contributed by atoms with Crippen molar-refractivity contribution in [3.8, 4) is 11.4 Å². The van der Waals surface area contributed by atoms with Crippen molar-refractivity contribution in [2.24, 2.45) is 0 Å². The maximum atomic E-state index is 12.7. The molecule has 3 rings (SSSR count). The monoisotopic (exact) mass is 446 g/mol. The Bertz CT molecular complexity index is 1050. The average molecular weight is 447 g/mol. The summed E-state index contributed by atoms with van der Waals surface area (Å²) in [4.78, 5) is 12.7. The maximum Gasteiger partial charge on any atom is 0.237 e. The summed E-state index contributed by atoms with van der Waals surface area (Å²) in [6.07, 6.45) is 1.78. The molecule has 0 aliphatic carbocycles. The van der Waals surface area contributed by atoms with Crippen LogP contribution in [0, 0.1) is 6.92 Å². The van der Waals surface area contributed by atoms with Crippen molar-refractivity contribution in [1.82, 2.24) is 14.8 Å². The van der Waals surface area contributed by atoms with Gasteiger partial charge in [-0.3, -0.25) is 9.36 Å². The van der Waals surface area contributed by atoms with E-state index in [0.717, 1.165) is 17.0 Å². The van der Waals surface area contributed by atoms with Crippen LogP contribution in [-0.2, 0) is 11.3 Å². The maximum absolute atomic E-state index is 12.7. The molecule has 29 heavy (non-hydrogen) atoms. The molecular formula is C21H20Cl2N4OS. The zero-order chi connectivity index (χ0) is 21.0. The smallest absolute Gasteiger partial charge is 0.237 e. The molecule has 3 aromatic rings. The van der Waals surface area contributed by atoms with Crippen molar-refractivity contribution < 1.29 is 4.79 Å². The van der Waals surface area contributed by atoms with E-state index in [0.29, 0.717) is 27.4 Å². The van der Waals surface area contributed by atoms with E-state index in [2.05, 4.69) is 28.2 Å². The minimum absolute atomic E-state index is 0.204. The number of thioether (sulfide) groups is 1. The Kier molecular flexibility index (Phi) is 7.00. The Morgan fingerprint density at radius 1 is 1.28 bits per heavy atom. The Labute approximate surface area is 184 Å². The van der Waals surface area contributed by atoms with E-state index in [4.69, 9.17) is 23.2 Å². The van der Waals surface area contributed by atoms with Gasteiger partial charge < -0.3 is 5.32 Å². The SMILES string of the molecule is C=CCn1c(SC(C)C(=O)Nc2cccc(Cl)c2Cl)nnc1-c1cccc(C)c1. The van der Waals surface area contributed by atoms with E-state index >= 15 is 0 Å². The lowest BCUT2D eigenvalue weighted by atomic mass is 10.1. The molecule has 2 aromatic carbocycles. The number of anilines is 1. The van der Waals surface area contributed by atoms with Crippen molar-refractivity contribution in [3.63, 3.8) is 0 Å². The van der Waals surface area contributed by atoms with Crippen LogP contribution >= 0.6 is 35.0 Å². The number of benzene rings is 2. The number of hydrogen-bond donors (Lipinski definition) is 1. The van der Waals surface area contributed by atoms with Gasteiger partial charge in [0, 0.05) is 12.1 Å². The van der Waals surface area contributed by atoms with Gasteiger partial charge in [-0.1, -0.05) is 70.9 Å². The van der Waals surface area contributed by atoms with Crippen LogP contribution < -0.4 is 5.32 Å². The fourth-order valence-corrected chi connectivity index (χ4v) is 3.92. The molecule has 150 valence electrons. The highest BCUT2D eigenvalue weighted by atomic mass is 35.5. The predicted octanol–water partition coefficient (Wildman–Crippen LogP) is 5.87. The van der Waals surface area contributed by atoms with Crippen LogP contribution in [0.25, 0.3) is 11.4 Å². The third kappa shape index (κ3) is 5.01. The second-order valence-electron chi connectivity index (χ2n) is 6.43. The fourth-order valence-electron chi connectivity index (χ4n) is 2.71. The van der Waals surface area contributed by atoms with Crippen LogP contribution in [0.1, 0.15) is 12.5 Å². The Morgan fingerprint density at radius 3 is 2.76 bits per heavy atom. The molecule has 0 fully saturated rings. The first-order valence-electron chi connectivity index (χ1n) is 8.93. The number of carbonyl (C=O) groups excluding carboxylic acids is 1. The number of rotatable bonds is 7. The Hall–Kier alpha value is -2.28. The van der Waals surface area contributed by atoms with Gasteiger partial charge in [0.1, 0.15) is 0 Å². The van der Waals surface area contributed by atoms with Gasteiger partial charge in [-0.2, -0.15) is 0 Å². The van der Waals surface area contributed by atoms with E-state index in [1.165, 1.54) is 11.8 Å². The number of aryl methyl sites for hydroxylation is 1. The Morgan fingerprint density at radius 2 is 2.03 bits per heavy atom. The van der Waals surface area contributed by atoms with E-state index in [1.54, 1.807) is 31.2 Å². The van der Waals surface area contributed by atoms with Crippen molar-refractivity contribution in [1.29, 1.82) is 0 Å². The van der Waals surface area contributed by atoms with E-state index in [-0.39, 0.29) is 5.91 Å². The highest BCUT2D eigenvalue weighted by molar-refractivity contribution is 8.00. The zero-order valence-corrected chi connectivity index (χ0v) is 18.4. The van der Waals surface area contributed by atoms with Crippen molar-refractivity contribution >= 4 is 46.6 Å². The summed E-state index contributed by atoms with van der Waals surface area (Å²) in [5, 5.41) is 12.4. The predicted molar refractivity (Wildman–Crippen MR) is 121 cm³/mol. The first-order valence-corrected chi connectivity index (χ1v) is 10.6. The summed E-state index contributed by atoms with van der Waals surface area (Å²) in [5.74, 6) is 0.533. The number of nitrogens with zero attached hydrogens (tertiary/aromatic N) is 3. The van der Waals surface area contributed by atoms with E-state index < -0.39 is 5.25 Å². The molecule has 0 saturated carbocycles. The minimum Gasteiger partial charge on any atom is -0.324 e. The summed E-state index contributed by atoms with van der Waals surface area (Å²) >= 11 is 13.5. The van der Waals surface area contributed by atoms with Gasteiger partial charge >= 0.3 is 0 Å². The topological polar surface area (TPSA) is 59.8 Å².